The number of thioether (sulfide) groups is 1. The molecule has 0 aliphatic heterocycles. The number of rotatable bonds is 3. The molecule has 0 aliphatic rings. The highest BCUT2D eigenvalue weighted by Crippen LogP contribution is 2.37. The molecule has 16 heavy (non-hydrogen) atoms. The molecule has 0 radical (unpaired) electrons. The number of nitrogens with two attached hydrogens (primary N) is 1. The van der Waals surface area contributed by atoms with Crippen molar-refractivity contribution in [2.45, 2.75) is 10.4 Å². The van der Waals surface area contributed by atoms with E-state index in [1.165, 1.54) is 24.3 Å². The van der Waals surface area contributed by atoms with Crippen LogP contribution in [-0.2, 0) is 0 Å². The van der Waals surface area contributed by atoms with Gasteiger partial charge in [-0.2, -0.15) is 13.2 Å². The van der Waals surface area contributed by atoms with Gasteiger partial charge in [0, 0.05) is 4.90 Å². The summed E-state index contributed by atoms with van der Waals surface area (Å²) in [4.78, 5) is 3.99. The summed E-state index contributed by atoms with van der Waals surface area (Å²) in [6.45, 7) is 0. The van der Waals surface area contributed by atoms with Gasteiger partial charge in [-0.15, -0.1) is 11.6 Å². The zero-order valence-electron chi connectivity index (χ0n) is 7.96. The molecule has 0 aromatic heterocycles. The highest BCUT2D eigenvalue weighted by Gasteiger charge is 2.28. The molecule has 0 amide bonds. The van der Waals surface area contributed by atoms with Crippen molar-refractivity contribution in [2.24, 2.45) is 10.7 Å². The van der Waals surface area contributed by atoms with E-state index in [4.69, 9.17) is 17.3 Å². The first-order valence-corrected chi connectivity index (χ1v) is 5.50. The molecule has 0 atom stereocenters. The smallest absolute Gasteiger partial charge is 0.386 e. The Morgan fingerprint density at radius 1 is 1.31 bits per heavy atom. The third-order valence-electron chi connectivity index (χ3n) is 1.48. The van der Waals surface area contributed by atoms with E-state index in [1.54, 1.807) is 0 Å². The van der Waals surface area contributed by atoms with Crippen LogP contribution < -0.4 is 5.73 Å². The molecule has 0 saturated heterocycles. The van der Waals surface area contributed by atoms with Crippen molar-refractivity contribution in [1.29, 1.82) is 0 Å². The standard InChI is InChI=1S/C9H8ClF3N2S/c10-5-8(14)15-6-1-3-7(4-2-6)16-9(11,12)13/h1-4H,5H2,(H2,14,15). The van der Waals surface area contributed by atoms with E-state index in [-0.39, 0.29) is 28.4 Å². The number of aliphatic imine (C=N–C) groups is 1. The minimum atomic E-state index is -4.28. The maximum Gasteiger partial charge on any atom is 0.446 e. The first kappa shape index (κ1) is 13.2. The van der Waals surface area contributed by atoms with Crippen molar-refractivity contribution in [3.8, 4) is 0 Å². The van der Waals surface area contributed by atoms with E-state index in [0.717, 1.165) is 0 Å². The van der Waals surface area contributed by atoms with E-state index < -0.39 is 5.51 Å². The molecular formula is C9H8ClF3N2S. The maximum atomic E-state index is 12.0. The van der Waals surface area contributed by atoms with Crippen LogP contribution in [0.3, 0.4) is 0 Å². The lowest BCUT2D eigenvalue weighted by Gasteiger charge is -2.05. The third kappa shape index (κ3) is 4.76. The summed E-state index contributed by atoms with van der Waals surface area (Å²) in [6.07, 6.45) is 0. The van der Waals surface area contributed by atoms with E-state index in [9.17, 15) is 13.2 Å². The fourth-order valence-corrected chi connectivity index (χ4v) is 1.52. The fourth-order valence-electron chi connectivity index (χ4n) is 0.918. The third-order valence-corrected chi connectivity index (χ3v) is 2.49. The van der Waals surface area contributed by atoms with Gasteiger partial charge in [0.15, 0.2) is 0 Å². The van der Waals surface area contributed by atoms with Crippen LogP contribution in [0.5, 0.6) is 0 Å². The zero-order chi connectivity index (χ0) is 12.2. The maximum absolute atomic E-state index is 12.0. The van der Waals surface area contributed by atoms with Gasteiger partial charge in [0.1, 0.15) is 5.84 Å². The van der Waals surface area contributed by atoms with Crippen LogP contribution in [0.25, 0.3) is 0 Å². The molecule has 0 heterocycles. The summed E-state index contributed by atoms with van der Waals surface area (Å²) in [5, 5.41) is 0. The van der Waals surface area contributed by atoms with Crippen molar-refractivity contribution < 1.29 is 13.2 Å². The van der Waals surface area contributed by atoms with Crippen LogP contribution in [0.1, 0.15) is 0 Å². The molecule has 0 unspecified atom stereocenters. The minimum absolute atomic E-state index is 0.0824. The Morgan fingerprint density at radius 2 is 1.88 bits per heavy atom. The second-order valence-electron chi connectivity index (χ2n) is 2.78. The Labute approximate surface area is 99.7 Å². The molecule has 0 saturated carbocycles. The number of alkyl halides is 4. The first-order chi connectivity index (χ1) is 7.40. The highest BCUT2D eigenvalue weighted by molar-refractivity contribution is 8.00. The van der Waals surface area contributed by atoms with Crippen LogP contribution in [0, 0.1) is 0 Å². The van der Waals surface area contributed by atoms with Crippen LogP contribution in [0.2, 0.25) is 0 Å². The molecule has 1 aromatic rings. The molecule has 1 aromatic carbocycles. The van der Waals surface area contributed by atoms with Gasteiger partial charge in [-0.1, -0.05) is 0 Å². The predicted octanol–water partition coefficient (Wildman–Crippen LogP) is 3.53. The molecule has 2 nitrogen and oxygen atoms in total. The molecular weight excluding hydrogens is 261 g/mol. The first-order valence-electron chi connectivity index (χ1n) is 4.15. The molecule has 0 fully saturated rings. The normalized spacial score (nSPS) is 12.9. The summed E-state index contributed by atoms with van der Waals surface area (Å²) in [7, 11) is 0. The lowest BCUT2D eigenvalue weighted by molar-refractivity contribution is -0.0328. The van der Waals surface area contributed by atoms with Crippen molar-refractivity contribution in [1.82, 2.24) is 0 Å². The Bertz CT molecular complexity index is 375. The number of benzene rings is 1. The van der Waals surface area contributed by atoms with Gasteiger partial charge in [0.2, 0.25) is 0 Å². The summed E-state index contributed by atoms with van der Waals surface area (Å²) >= 11 is 5.24. The summed E-state index contributed by atoms with van der Waals surface area (Å²) in [5.74, 6) is 0.303. The zero-order valence-corrected chi connectivity index (χ0v) is 9.53. The minimum Gasteiger partial charge on any atom is -0.386 e. The van der Waals surface area contributed by atoms with Gasteiger partial charge in [0.05, 0.1) is 11.6 Å². The second-order valence-corrected chi connectivity index (χ2v) is 4.18. The number of halogens is 4. The summed E-state index contributed by atoms with van der Waals surface area (Å²) in [5.41, 5.74) is 1.58. The summed E-state index contributed by atoms with van der Waals surface area (Å²) < 4.78 is 36.0. The Hall–Kier alpha value is -0.880. The largest absolute Gasteiger partial charge is 0.446 e. The van der Waals surface area contributed by atoms with Crippen molar-refractivity contribution in [2.75, 3.05) is 5.88 Å². The average Bonchev–Trinajstić information content (AvgIpc) is 2.18. The number of amidine groups is 1. The number of hydrogen-bond acceptors (Lipinski definition) is 2. The van der Waals surface area contributed by atoms with E-state index in [0.29, 0.717) is 5.69 Å². The molecule has 88 valence electrons. The van der Waals surface area contributed by atoms with E-state index in [1.807, 2.05) is 0 Å². The van der Waals surface area contributed by atoms with Gasteiger partial charge in [-0.05, 0) is 36.0 Å². The Kier molecular flexibility index (Phi) is 4.49. The van der Waals surface area contributed by atoms with Crippen molar-refractivity contribution in [3.05, 3.63) is 24.3 Å². The van der Waals surface area contributed by atoms with E-state index in [2.05, 4.69) is 4.99 Å². The van der Waals surface area contributed by atoms with Gasteiger partial charge >= 0.3 is 5.51 Å². The molecule has 0 aliphatic carbocycles. The van der Waals surface area contributed by atoms with Crippen molar-refractivity contribution in [3.63, 3.8) is 0 Å². The second kappa shape index (κ2) is 5.45. The quantitative estimate of drug-likeness (QED) is 0.394. The molecule has 2 N–H and O–H groups in total. The fraction of sp³-hybridized carbons (Fsp3) is 0.222. The van der Waals surface area contributed by atoms with Crippen LogP contribution in [-0.4, -0.2) is 17.2 Å². The number of hydrogen-bond donors (Lipinski definition) is 1. The topological polar surface area (TPSA) is 38.4 Å². The van der Waals surface area contributed by atoms with Gasteiger partial charge in [0.25, 0.3) is 0 Å². The number of nitrogens with zero attached hydrogens (tertiary/aromatic N) is 1. The van der Waals surface area contributed by atoms with Crippen molar-refractivity contribution >= 4 is 34.9 Å². The van der Waals surface area contributed by atoms with Gasteiger partial charge in [-0.3, -0.25) is 0 Å². The van der Waals surface area contributed by atoms with E-state index >= 15 is 0 Å². The van der Waals surface area contributed by atoms with Gasteiger partial charge < -0.3 is 5.73 Å². The monoisotopic (exact) mass is 268 g/mol. The van der Waals surface area contributed by atoms with Gasteiger partial charge in [-0.25, -0.2) is 4.99 Å². The lowest BCUT2D eigenvalue weighted by atomic mass is 10.3. The van der Waals surface area contributed by atoms with Crippen LogP contribution >= 0.6 is 23.4 Å². The Morgan fingerprint density at radius 3 is 2.31 bits per heavy atom. The summed E-state index contributed by atoms with van der Waals surface area (Å²) in [6, 6.07) is 5.57. The molecule has 0 bridgehead atoms. The van der Waals surface area contributed by atoms with Crippen LogP contribution in [0.15, 0.2) is 34.2 Å². The molecule has 0 spiro atoms. The molecule has 1 rings (SSSR count). The predicted molar refractivity (Wildman–Crippen MR) is 60.4 cm³/mol. The average molecular weight is 269 g/mol. The SMILES string of the molecule is NC(CCl)=Nc1ccc(SC(F)(F)F)cc1. The highest BCUT2D eigenvalue weighted by atomic mass is 35.5. The van der Waals surface area contributed by atoms with Crippen LogP contribution in [0.4, 0.5) is 18.9 Å². The molecule has 7 heteroatoms. The Balaban J connectivity index is 2.76. The lowest BCUT2D eigenvalue weighted by Crippen LogP contribution is -2.12.